The molecular formula is C19H18Cl2N4S. The van der Waals surface area contributed by atoms with Gasteiger partial charge in [-0.2, -0.15) is 5.10 Å². The van der Waals surface area contributed by atoms with Crippen molar-refractivity contribution in [2.24, 2.45) is 0 Å². The van der Waals surface area contributed by atoms with Crippen LogP contribution in [0.4, 0.5) is 11.4 Å². The molecule has 4 nitrogen and oxygen atoms in total. The lowest BCUT2D eigenvalue weighted by molar-refractivity contribution is 0.659. The second-order valence-corrected chi connectivity index (χ2v) is 7.24. The van der Waals surface area contributed by atoms with E-state index >= 15 is 0 Å². The number of aryl methyl sites for hydroxylation is 2. The molecule has 0 saturated carbocycles. The van der Waals surface area contributed by atoms with Crippen LogP contribution < -0.4 is 10.6 Å². The van der Waals surface area contributed by atoms with Crippen molar-refractivity contribution in [1.82, 2.24) is 9.78 Å². The maximum absolute atomic E-state index is 6.14. The van der Waals surface area contributed by atoms with E-state index in [1.807, 2.05) is 35.9 Å². The molecule has 0 aliphatic carbocycles. The van der Waals surface area contributed by atoms with Crippen molar-refractivity contribution >= 4 is 51.9 Å². The summed E-state index contributed by atoms with van der Waals surface area (Å²) < 4.78 is 1.99. The first kappa shape index (κ1) is 18.7. The van der Waals surface area contributed by atoms with Gasteiger partial charge in [0.2, 0.25) is 0 Å². The summed E-state index contributed by atoms with van der Waals surface area (Å²) in [6, 6.07) is 15.3. The average molecular weight is 405 g/mol. The van der Waals surface area contributed by atoms with Crippen molar-refractivity contribution in [3.05, 3.63) is 75.5 Å². The Bertz CT molecular complexity index is 935. The molecule has 26 heavy (non-hydrogen) atoms. The number of nitrogens with one attached hydrogen (secondary N) is 2. The molecule has 3 aromatic rings. The summed E-state index contributed by atoms with van der Waals surface area (Å²) >= 11 is 17.5. The molecule has 1 aromatic heterocycles. The van der Waals surface area contributed by atoms with Gasteiger partial charge in [-0.1, -0.05) is 35.3 Å². The van der Waals surface area contributed by atoms with Gasteiger partial charge in [0, 0.05) is 16.4 Å². The summed E-state index contributed by atoms with van der Waals surface area (Å²) in [6.07, 6.45) is 0. The molecule has 0 saturated heterocycles. The van der Waals surface area contributed by atoms with Gasteiger partial charge in [-0.3, -0.25) is 4.68 Å². The molecule has 0 aliphatic rings. The summed E-state index contributed by atoms with van der Waals surface area (Å²) in [5.74, 6) is 0. The van der Waals surface area contributed by atoms with Crippen LogP contribution in [0.15, 0.2) is 48.5 Å². The number of aromatic nitrogens is 2. The Morgan fingerprint density at radius 1 is 1.04 bits per heavy atom. The zero-order chi connectivity index (χ0) is 18.7. The van der Waals surface area contributed by atoms with Crippen LogP contribution >= 0.6 is 35.4 Å². The first-order valence-corrected chi connectivity index (χ1v) is 9.20. The van der Waals surface area contributed by atoms with Gasteiger partial charge < -0.3 is 10.6 Å². The molecular weight excluding hydrogens is 387 g/mol. The summed E-state index contributed by atoms with van der Waals surface area (Å²) in [4.78, 5) is 0. The summed E-state index contributed by atoms with van der Waals surface area (Å²) in [5, 5.41) is 12.3. The fourth-order valence-electron chi connectivity index (χ4n) is 2.58. The number of nitrogens with zero attached hydrogens (tertiary/aromatic N) is 2. The van der Waals surface area contributed by atoms with Crippen molar-refractivity contribution in [1.29, 1.82) is 0 Å². The first-order chi connectivity index (χ1) is 12.4. The minimum atomic E-state index is 0.445. The van der Waals surface area contributed by atoms with E-state index in [0.717, 1.165) is 23.6 Å². The second kappa shape index (κ2) is 8.08. The molecule has 7 heteroatoms. The number of benzene rings is 2. The molecule has 2 aromatic carbocycles. The van der Waals surface area contributed by atoms with Crippen LogP contribution in [-0.4, -0.2) is 14.9 Å². The normalized spacial score (nSPS) is 10.6. The van der Waals surface area contributed by atoms with Gasteiger partial charge in [-0.25, -0.2) is 0 Å². The molecule has 2 N–H and O–H groups in total. The van der Waals surface area contributed by atoms with Crippen LogP contribution in [0.1, 0.15) is 17.0 Å². The highest BCUT2D eigenvalue weighted by Gasteiger charge is 2.05. The van der Waals surface area contributed by atoms with Crippen LogP contribution in [0.25, 0.3) is 0 Å². The van der Waals surface area contributed by atoms with Gasteiger partial charge in [0.05, 0.1) is 22.9 Å². The van der Waals surface area contributed by atoms with E-state index in [0.29, 0.717) is 20.8 Å². The Balaban J connectivity index is 1.62. The van der Waals surface area contributed by atoms with Crippen LogP contribution in [0.5, 0.6) is 0 Å². The standard InChI is InChI=1S/C19H18Cl2N4S/c1-12-9-13(2)25(24-12)11-14-3-6-16(7-4-14)22-19(26)23-18-10-15(20)5-8-17(18)21/h3-10H,11H2,1-2H3,(H2,22,23,26). The van der Waals surface area contributed by atoms with Crippen LogP contribution in [-0.2, 0) is 6.54 Å². The molecule has 0 unspecified atom stereocenters. The SMILES string of the molecule is Cc1cc(C)n(Cc2ccc(NC(=S)Nc3cc(Cl)ccc3Cl)cc2)n1. The molecule has 0 fully saturated rings. The maximum Gasteiger partial charge on any atom is 0.175 e. The molecule has 0 radical (unpaired) electrons. The van der Waals surface area contributed by atoms with E-state index in [-0.39, 0.29) is 0 Å². The smallest absolute Gasteiger partial charge is 0.175 e. The van der Waals surface area contributed by atoms with E-state index < -0.39 is 0 Å². The topological polar surface area (TPSA) is 41.9 Å². The fraction of sp³-hybridized carbons (Fsp3) is 0.158. The van der Waals surface area contributed by atoms with Crippen molar-refractivity contribution in [2.75, 3.05) is 10.6 Å². The van der Waals surface area contributed by atoms with E-state index in [9.17, 15) is 0 Å². The van der Waals surface area contributed by atoms with Crippen molar-refractivity contribution in [3.8, 4) is 0 Å². The molecule has 0 bridgehead atoms. The minimum absolute atomic E-state index is 0.445. The summed E-state index contributed by atoms with van der Waals surface area (Å²) in [5.41, 5.74) is 4.89. The quantitative estimate of drug-likeness (QED) is 0.550. The first-order valence-electron chi connectivity index (χ1n) is 8.04. The van der Waals surface area contributed by atoms with Gasteiger partial charge >= 0.3 is 0 Å². The Labute approximate surface area is 168 Å². The Kier molecular flexibility index (Phi) is 5.81. The van der Waals surface area contributed by atoms with Gasteiger partial charge in [0.15, 0.2) is 5.11 Å². The number of rotatable bonds is 4. The van der Waals surface area contributed by atoms with Gasteiger partial charge in [-0.05, 0) is 68.0 Å². The predicted octanol–water partition coefficient (Wildman–Crippen LogP) is 5.66. The van der Waals surface area contributed by atoms with Crippen LogP contribution in [0, 0.1) is 13.8 Å². The number of anilines is 2. The number of halogens is 2. The molecule has 0 spiro atoms. The summed E-state index contributed by atoms with van der Waals surface area (Å²) in [6.45, 7) is 4.79. The Morgan fingerprint density at radius 3 is 2.42 bits per heavy atom. The van der Waals surface area contributed by atoms with E-state index in [4.69, 9.17) is 35.4 Å². The van der Waals surface area contributed by atoms with Crippen molar-refractivity contribution < 1.29 is 0 Å². The van der Waals surface area contributed by atoms with Gasteiger partial charge in [0.1, 0.15) is 0 Å². The Hall–Kier alpha value is -2.08. The van der Waals surface area contributed by atoms with E-state index in [1.54, 1.807) is 18.2 Å². The highest BCUT2D eigenvalue weighted by molar-refractivity contribution is 7.80. The summed E-state index contributed by atoms with van der Waals surface area (Å²) in [7, 11) is 0. The second-order valence-electron chi connectivity index (χ2n) is 5.98. The molecule has 1 heterocycles. The molecule has 3 rings (SSSR count). The zero-order valence-corrected chi connectivity index (χ0v) is 16.7. The third-order valence-corrected chi connectivity index (χ3v) is 4.59. The molecule has 0 amide bonds. The molecule has 134 valence electrons. The number of hydrogen-bond donors (Lipinski definition) is 2. The fourth-order valence-corrected chi connectivity index (χ4v) is 3.14. The van der Waals surface area contributed by atoms with E-state index in [2.05, 4.69) is 28.7 Å². The lowest BCUT2D eigenvalue weighted by Gasteiger charge is -2.12. The third kappa shape index (κ3) is 4.75. The van der Waals surface area contributed by atoms with Crippen LogP contribution in [0.2, 0.25) is 10.0 Å². The average Bonchev–Trinajstić information content (AvgIpc) is 2.90. The predicted molar refractivity (Wildman–Crippen MR) is 114 cm³/mol. The highest BCUT2D eigenvalue weighted by Crippen LogP contribution is 2.25. The van der Waals surface area contributed by atoms with Gasteiger partial charge in [0.25, 0.3) is 0 Å². The lowest BCUT2D eigenvalue weighted by Crippen LogP contribution is -2.19. The number of hydrogen-bond acceptors (Lipinski definition) is 2. The Morgan fingerprint density at radius 2 is 1.77 bits per heavy atom. The largest absolute Gasteiger partial charge is 0.332 e. The third-order valence-electron chi connectivity index (χ3n) is 3.82. The molecule has 0 atom stereocenters. The number of thiocarbonyl (C=S) groups is 1. The van der Waals surface area contributed by atoms with Crippen molar-refractivity contribution in [2.45, 2.75) is 20.4 Å². The molecule has 0 aliphatic heterocycles. The van der Waals surface area contributed by atoms with E-state index in [1.165, 1.54) is 5.56 Å². The van der Waals surface area contributed by atoms with Crippen LogP contribution in [0.3, 0.4) is 0 Å². The van der Waals surface area contributed by atoms with Crippen molar-refractivity contribution in [3.63, 3.8) is 0 Å². The monoisotopic (exact) mass is 404 g/mol. The zero-order valence-electron chi connectivity index (χ0n) is 14.4. The highest BCUT2D eigenvalue weighted by atomic mass is 35.5. The van der Waals surface area contributed by atoms with Gasteiger partial charge in [-0.15, -0.1) is 0 Å². The maximum atomic E-state index is 6.14. The minimum Gasteiger partial charge on any atom is -0.332 e. The lowest BCUT2D eigenvalue weighted by atomic mass is 10.2.